The summed E-state index contributed by atoms with van der Waals surface area (Å²) in [5, 5.41) is 0.727. The third-order valence-corrected chi connectivity index (χ3v) is 7.12. The van der Waals surface area contributed by atoms with Crippen LogP contribution in [0.3, 0.4) is 0 Å². The molecule has 0 radical (unpaired) electrons. The molecule has 1 atom stereocenters. The molecule has 0 spiro atoms. The Balaban J connectivity index is 1.48. The Hall–Kier alpha value is -4.19. The number of nitrogens with zero attached hydrogens (tertiary/aromatic N) is 2. The number of fused-ring (bicyclic) bond motifs is 3. The van der Waals surface area contributed by atoms with E-state index in [1.807, 2.05) is 68.4 Å². The summed E-state index contributed by atoms with van der Waals surface area (Å²) < 4.78 is 8.87. The molecule has 180 valence electrons. The van der Waals surface area contributed by atoms with Crippen LogP contribution in [0.4, 0.5) is 0 Å². The fourth-order valence-corrected chi connectivity index (χ4v) is 5.49. The van der Waals surface area contributed by atoms with E-state index in [-0.39, 0.29) is 22.3 Å². The standard InChI is InChI=1S/C30H26N2O4/c1-30(2)16-24-26(25(33)17-30)27(32-29(35)23-11-7-6-10-22(23)28(34)31(24)32)20-12-14-21(15-13-20)36-18-19-8-4-3-5-9-19/h3-15,27H,16-18H2,1-2H3. The second-order valence-corrected chi connectivity index (χ2v) is 10.4. The van der Waals surface area contributed by atoms with Gasteiger partial charge in [-0.3, -0.25) is 14.4 Å². The van der Waals surface area contributed by atoms with E-state index >= 15 is 0 Å². The number of ketones is 1. The molecule has 1 unspecified atom stereocenters. The predicted molar refractivity (Wildman–Crippen MR) is 139 cm³/mol. The zero-order chi connectivity index (χ0) is 25.0. The van der Waals surface area contributed by atoms with Crippen LogP contribution in [-0.4, -0.2) is 15.1 Å². The summed E-state index contributed by atoms with van der Waals surface area (Å²) in [6.45, 7) is 4.49. The highest BCUT2D eigenvalue weighted by Crippen LogP contribution is 2.46. The number of ether oxygens (including phenoxy) is 1. The highest BCUT2D eigenvalue weighted by Gasteiger charge is 2.44. The average molecular weight is 479 g/mol. The van der Waals surface area contributed by atoms with Gasteiger partial charge in [-0.2, -0.15) is 0 Å². The fraction of sp³-hybridized carbons (Fsp3) is 0.233. The van der Waals surface area contributed by atoms with Crippen molar-refractivity contribution in [3.63, 3.8) is 0 Å². The summed E-state index contributed by atoms with van der Waals surface area (Å²) in [7, 11) is 0. The number of carbonyl (C=O) groups is 1. The molecule has 6 rings (SSSR count). The molecule has 4 aromatic rings. The van der Waals surface area contributed by atoms with Crippen LogP contribution in [-0.2, 0) is 11.4 Å². The maximum absolute atomic E-state index is 13.7. The van der Waals surface area contributed by atoms with Gasteiger partial charge >= 0.3 is 0 Å². The lowest BCUT2D eigenvalue weighted by Gasteiger charge is -2.30. The number of benzene rings is 3. The largest absolute Gasteiger partial charge is 0.489 e. The van der Waals surface area contributed by atoms with Crippen LogP contribution in [0.25, 0.3) is 16.5 Å². The van der Waals surface area contributed by atoms with Crippen LogP contribution in [0.1, 0.15) is 43.9 Å². The first kappa shape index (κ1) is 22.3. The van der Waals surface area contributed by atoms with Crippen molar-refractivity contribution in [3.8, 4) is 5.75 Å². The van der Waals surface area contributed by atoms with Crippen molar-refractivity contribution in [2.45, 2.75) is 39.3 Å². The smallest absolute Gasteiger partial charge is 0.277 e. The van der Waals surface area contributed by atoms with Gasteiger partial charge in [-0.05, 0) is 47.2 Å². The van der Waals surface area contributed by atoms with E-state index in [9.17, 15) is 14.4 Å². The Morgan fingerprint density at radius 2 is 1.44 bits per heavy atom. The molecule has 2 heterocycles. The lowest BCUT2D eigenvalue weighted by atomic mass is 9.74. The van der Waals surface area contributed by atoms with Gasteiger partial charge < -0.3 is 4.74 Å². The summed E-state index contributed by atoms with van der Waals surface area (Å²) in [5.74, 6) is 0.670. The zero-order valence-corrected chi connectivity index (χ0v) is 20.2. The minimum Gasteiger partial charge on any atom is -0.489 e. The van der Waals surface area contributed by atoms with Crippen LogP contribution in [0.15, 0.2) is 94.0 Å². The van der Waals surface area contributed by atoms with Crippen molar-refractivity contribution < 1.29 is 9.53 Å². The van der Waals surface area contributed by atoms with Gasteiger partial charge in [-0.15, -0.1) is 0 Å². The first-order valence-corrected chi connectivity index (χ1v) is 12.1. The van der Waals surface area contributed by atoms with Crippen molar-refractivity contribution in [3.05, 3.63) is 116 Å². The first-order valence-electron chi connectivity index (χ1n) is 12.1. The highest BCUT2D eigenvalue weighted by atomic mass is 16.5. The summed E-state index contributed by atoms with van der Waals surface area (Å²) in [4.78, 5) is 40.8. The van der Waals surface area contributed by atoms with Crippen LogP contribution in [0, 0.1) is 5.41 Å². The van der Waals surface area contributed by atoms with E-state index in [0.29, 0.717) is 47.2 Å². The Morgan fingerprint density at radius 3 is 2.14 bits per heavy atom. The highest BCUT2D eigenvalue weighted by molar-refractivity contribution is 6.04. The summed E-state index contributed by atoms with van der Waals surface area (Å²) in [6, 6.07) is 23.6. The molecule has 0 bridgehead atoms. The van der Waals surface area contributed by atoms with Gasteiger partial charge in [0, 0.05) is 12.0 Å². The van der Waals surface area contributed by atoms with E-state index in [4.69, 9.17) is 4.74 Å². The molecule has 2 aliphatic rings. The average Bonchev–Trinajstić information content (AvgIpc) is 3.21. The quantitative estimate of drug-likeness (QED) is 0.416. The van der Waals surface area contributed by atoms with Gasteiger partial charge in [0.05, 0.1) is 16.5 Å². The van der Waals surface area contributed by atoms with Crippen LogP contribution in [0.5, 0.6) is 5.75 Å². The normalized spacial score (nSPS) is 18.3. The summed E-state index contributed by atoms with van der Waals surface area (Å²) in [5.41, 5.74) is 2.17. The summed E-state index contributed by atoms with van der Waals surface area (Å²) in [6.07, 6.45) is 0.915. The minimum atomic E-state index is -0.656. The van der Waals surface area contributed by atoms with Crippen molar-refractivity contribution in [1.29, 1.82) is 0 Å². The Kier molecular flexibility index (Phi) is 5.07. The molecule has 3 aromatic carbocycles. The third kappa shape index (κ3) is 3.52. The van der Waals surface area contributed by atoms with Crippen molar-refractivity contribution in [2.75, 3.05) is 0 Å². The van der Waals surface area contributed by atoms with Gasteiger partial charge in [0.15, 0.2) is 5.78 Å². The van der Waals surface area contributed by atoms with Gasteiger partial charge in [0.25, 0.3) is 11.1 Å². The van der Waals surface area contributed by atoms with E-state index in [1.54, 1.807) is 24.3 Å². The number of aromatic nitrogens is 2. The second kappa shape index (κ2) is 8.19. The molecule has 0 fully saturated rings. The summed E-state index contributed by atoms with van der Waals surface area (Å²) >= 11 is 0. The number of rotatable bonds is 4. The Bertz CT molecular complexity index is 1660. The molecule has 6 heteroatoms. The molecule has 6 nitrogen and oxygen atoms in total. The van der Waals surface area contributed by atoms with Gasteiger partial charge in [-0.1, -0.05) is 68.4 Å². The van der Waals surface area contributed by atoms with Crippen molar-refractivity contribution in [1.82, 2.24) is 9.36 Å². The monoisotopic (exact) mass is 478 g/mol. The molecule has 0 amide bonds. The van der Waals surface area contributed by atoms with Crippen LogP contribution >= 0.6 is 0 Å². The molecule has 1 aliphatic heterocycles. The fourth-order valence-electron chi connectivity index (χ4n) is 5.49. The number of allylic oxidation sites excluding steroid dienone is 2. The van der Waals surface area contributed by atoms with E-state index < -0.39 is 6.04 Å². The van der Waals surface area contributed by atoms with E-state index in [2.05, 4.69) is 0 Å². The maximum atomic E-state index is 13.7. The van der Waals surface area contributed by atoms with Crippen LogP contribution < -0.4 is 15.9 Å². The van der Waals surface area contributed by atoms with Gasteiger partial charge in [0.1, 0.15) is 18.4 Å². The van der Waals surface area contributed by atoms with Crippen molar-refractivity contribution >= 4 is 22.3 Å². The molecule has 0 saturated heterocycles. The first-order chi connectivity index (χ1) is 17.3. The molecule has 1 aromatic heterocycles. The number of hydrogen-bond donors (Lipinski definition) is 0. The number of carbonyl (C=O) groups excluding carboxylic acids is 1. The lowest BCUT2D eigenvalue weighted by molar-refractivity contribution is -0.118. The molecule has 1 aliphatic carbocycles. The number of hydrogen-bond acceptors (Lipinski definition) is 4. The van der Waals surface area contributed by atoms with E-state index in [1.165, 1.54) is 9.36 Å². The molecular weight excluding hydrogens is 452 g/mol. The SMILES string of the molecule is CC1(C)CC(=O)C2=C(C1)n1c(=O)c3ccccc3c(=O)n1C2c1ccc(OCc2ccccc2)cc1. The Morgan fingerprint density at radius 1 is 0.806 bits per heavy atom. The molecule has 0 N–H and O–H groups in total. The van der Waals surface area contributed by atoms with E-state index in [0.717, 1.165) is 11.1 Å². The molecule has 36 heavy (non-hydrogen) atoms. The lowest BCUT2D eigenvalue weighted by Crippen LogP contribution is -2.37. The molecule has 0 saturated carbocycles. The zero-order valence-electron chi connectivity index (χ0n) is 20.2. The number of Topliss-reactive ketones (excluding diaryl/α,β-unsaturated/α-hetero) is 1. The minimum absolute atomic E-state index is 0.0188. The van der Waals surface area contributed by atoms with Gasteiger partial charge in [0.2, 0.25) is 0 Å². The molecular formula is C30H26N2O4. The topological polar surface area (TPSA) is 70.3 Å². The maximum Gasteiger partial charge on any atom is 0.277 e. The van der Waals surface area contributed by atoms with Crippen molar-refractivity contribution in [2.24, 2.45) is 5.41 Å². The van der Waals surface area contributed by atoms with Crippen LogP contribution in [0.2, 0.25) is 0 Å². The van der Waals surface area contributed by atoms with Gasteiger partial charge in [-0.25, -0.2) is 9.36 Å². The third-order valence-electron chi connectivity index (χ3n) is 7.12. The predicted octanol–water partition coefficient (Wildman–Crippen LogP) is 4.95. The Labute approximate surface area is 208 Å². The second-order valence-electron chi connectivity index (χ2n) is 10.4.